The van der Waals surface area contributed by atoms with Gasteiger partial charge in [0.25, 0.3) is 0 Å². The maximum atomic E-state index is 5.94. The highest BCUT2D eigenvalue weighted by Gasteiger charge is 2.27. The number of hydrogen-bond donors (Lipinski definition) is 1. The summed E-state index contributed by atoms with van der Waals surface area (Å²) in [6.45, 7) is 7.61. The summed E-state index contributed by atoms with van der Waals surface area (Å²) in [6.07, 6.45) is 3.92. The maximum absolute atomic E-state index is 5.94. The Hall–Kier alpha value is -1.61. The number of ether oxygens (including phenoxy) is 1. The Morgan fingerprint density at radius 1 is 1.33 bits per heavy atom. The van der Waals surface area contributed by atoms with Gasteiger partial charge in [-0.15, -0.1) is 24.0 Å². The Morgan fingerprint density at radius 2 is 2.07 bits per heavy atom. The predicted molar refractivity (Wildman–Crippen MR) is 120 cm³/mol. The second kappa shape index (κ2) is 9.54. The van der Waals surface area contributed by atoms with Crippen LogP contribution in [0.2, 0.25) is 0 Å². The lowest BCUT2D eigenvalue weighted by molar-refractivity contribution is -0.00808. The highest BCUT2D eigenvalue weighted by Crippen LogP contribution is 2.23. The number of aromatic nitrogens is 2. The molecule has 0 radical (unpaired) electrons. The summed E-state index contributed by atoms with van der Waals surface area (Å²) < 4.78 is 7.75. The molecule has 2 heterocycles. The van der Waals surface area contributed by atoms with Crippen molar-refractivity contribution in [3.05, 3.63) is 53.9 Å². The topological polar surface area (TPSA) is 54.7 Å². The lowest BCUT2D eigenvalue weighted by atomic mass is 9.85. The average molecular weight is 483 g/mol. The molecule has 0 amide bonds. The Labute approximate surface area is 179 Å². The van der Waals surface area contributed by atoms with E-state index >= 15 is 0 Å². The summed E-state index contributed by atoms with van der Waals surface area (Å²) >= 11 is 0. The maximum Gasteiger partial charge on any atom is 0.193 e. The second-order valence-electron chi connectivity index (χ2n) is 7.40. The Morgan fingerprint density at radius 3 is 2.70 bits per heavy atom. The summed E-state index contributed by atoms with van der Waals surface area (Å²) in [4.78, 5) is 6.76. The number of nitrogens with one attached hydrogen (secondary N) is 1. The third-order valence-electron chi connectivity index (χ3n) is 4.92. The average Bonchev–Trinajstić information content (AvgIpc) is 3.10. The number of halogens is 1. The summed E-state index contributed by atoms with van der Waals surface area (Å²) in [7, 11) is 3.77. The van der Waals surface area contributed by atoms with E-state index in [4.69, 9.17) is 4.74 Å². The minimum Gasteiger partial charge on any atom is -0.370 e. The fourth-order valence-electron chi connectivity index (χ4n) is 3.27. The van der Waals surface area contributed by atoms with Gasteiger partial charge in [-0.05, 0) is 5.56 Å². The van der Waals surface area contributed by atoms with Crippen molar-refractivity contribution in [2.75, 3.05) is 33.3 Å². The molecule has 1 unspecified atom stereocenters. The fraction of sp³-hybridized carbons (Fsp3) is 0.500. The molecule has 2 aromatic rings. The Kier molecular flexibility index (Phi) is 7.67. The van der Waals surface area contributed by atoms with Gasteiger partial charge in [-0.1, -0.05) is 44.2 Å². The van der Waals surface area contributed by atoms with Crippen LogP contribution in [0, 0.1) is 0 Å². The minimum absolute atomic E-state index is 0. The van der Waals surface area contributed by atoms with Crippen LogP contribution in [0.25, 0.3) is 0 Å². The number of aryl methyl sites for hydroxylation is 1. The van der Waals surface area contributed by atoms with Crippen molar-refractivity contribution in [3.63, 3.8) is 0 Å². The number of hydrogen-bond acceptors (Lipinski definition) is 3. The minimum atomic E-state index is 0. The number of nitrogens with zero attached hydrogens (tertiary/aromatic N) is 4. The number of benzene rings is 1. The van der Waals surface area contributed by atoms with E-state index in [2.05, 4.69) is 64.5 Å². The molecule has 1 aliphatic heterocycles. The van der Waals surface area contributed by atoms with Gasteiger partial charge in [-0.2, -0.15) is 5.10 Å². The zero-order chi connectivity index (χ0) is 18.6. The van der Waals surface area contributed by atoms with Gasteiger partial charge in [0.2, 0.25) is 0 Å². The van der Waals surface area contributed by atoms with E-state index in [0.717, 1.165) is 31.2 Å². The molecule has 3 rings (SSSR count). The van der Waals surface area contributed by atoms with Crippen molar-refractivity contribution >= 4 is 29.9 Å². The van der Waals surface area contributed by atoms with Crippen LogP contribution in [-0.4, -0.2) is 53.9 Å². The molecular weight excluding hydrogens is 453 g/mol. The first-order valence-corrected chi connectivity index (χ1v) is 9.11. The van der Waals surface area contributed by atoms with Gasteiger partial charge >= 0.3 is 0 Å². The summed E-state index contributed by atoms with van der Waals surface area (Å²) in [6, 6.07) is 10.6. The van der Waals surface area contributed by atoms with Gasteiger partial charge in [0.05, 0.1) is 19.3 Å². The van der Waals surface area contributed by atoms with E-state index < -0.39 is 0 Å². The molecule has 1 fully saturated rings. The fourth-order valence-corrected chi connectivity index (χ4v) is 3.27. The van der Waals surface area contributed by atoms with Crippen molar-refractivity contribution < 1.29 is 4.74 Å². The molecule has 0 aliphatic carbocycles. The normalized spacial score (nSPS) is 18.1. The second-order valence-corrected chi connectivity index (χ2v) is 7.40. The molecule has 27 heavy (non-hydrogen) atoms. The standard InChI is InChI=1S/C20H29N5O.HI/c1-20(2,17-8-6-5-7-9-17)15-22-19(21-3)25-10-11-26-18(14-25)16-12-23-24(4)13-16;/h5-9,12-13,18H,10-11,14-15H2,1-4H3,(H,21,22);1H. The van der Waals surface area contributed by atoms with Crippen LogP contribution in [0.15, 0.2) is 47.7 Å². The molecule has 1 aromatic heterocycles. The molecule has 0 bridgehead atoms. The first kappa shape index (κ1) is 21.7. The number of rotatable bonds is 4. The molecule has 1 aromatic carbocycles. The molecule has 1 aliphatic rings. The lowest BCUT2D eigenvalue weighted by Gasteiger charge is -2.36. The number of guanidine groups is 1. The van der Waals surface area contributed by atoms with E-state index in [1.807, 2.05) is 31.2 Å². The summed E-state index contributed by atoms with van der Waals surface area (Å²) in [5.41, 5.74) is 2.45. The van der Waals surface area contributed by atoms with Crippen LogP contribution in [0.4, 0.5) is 0 Å². The van der Waals surface area contributed by atoms with E-state index in [0.29, 0.717) is 6.61 Å². The SMILES string of the molecule is CN=C(NCC(C)(C)c1ccccc1)N1CCOC(c2cnn(C)c2)C1.I. The molecule has 1 atom stereocenters. The van der Waals surface area contributed by atoms with E-state index in [1.165, 1.54) is 5.56 Å². The summed E-state index contributed by atoms with van der Waals surface area (Å²) in [5.74, 6) is 0.922. The van der Waals surface area contributed by atoms with Crippen LogP contribution < -0.4 is 5.32 Å². The molecule has 1 N–H and O–H groups in total. The molecular formula is C20H30IN5O. The quantitative estimate of drug-likeness (QED) is 0.413. The number of aliphatic imine (C=N–C) groups is 1. The van der Waals surface area contributed by atoms with Crippen LogP contribution in [0.1, 0.15) is 31.1 Å². The van der Waals surface area contributed by atoms with Gasteiger partial charge in [-0.3, -0.25) is 9.67 Å². The zero-order valence-corrected chi connectivity index (χ0v) is 18.9. The van der Waals surface area contributed by atoms with Gasteiger partial charge in [0, 0.05) is 44.4 Å². The largest absolute Gasteiger partial charge is 0.370 e. The van der Waals surface area contributed by atoms with Crippen molar-refractivity contribution in [1.29, 1.82) is 0 Å². The van der Waals surface area contributed by atoms with E-state index in [1.54, 1.807) is 0 Å². The summed E-state index contributed by atoms with van der Waals surface area (Å²) in [5, 5.41) is 7.81. The van der Waals surface area contributed by atoms with E-state index in [9.17, 15) is 0 Å². The van der Waals surface area contributed by atoms with E-state index in [-0.39, 0.29) is 35.5 Å². The smallest absolute Gasteiger partial charge is 0.193 e. The molecule has 0 spiro atoms. The first-order valence-electron chi connectivity index (χ1n) is 9.11. The Bertz CT molecular complexity index is 744. The van der Waals surface area contributed by atoms with Gasteiger partial charge in [-0.25, -0.2) is 0 Å². The van der Waals surface area contributed by atoms with Gasteiger partial charge < -0.3 is 15.0 Å². The van der Waals surface area contributed by atoms with Crippen molar-refractivity contribution in [3.8, 4) is 0 Å². The highest BCUT2D eigenvalue weighted by atomic mass is 127. The number of morpholine rings is 1. The van der Waals surface area contributed by atoms with Gasteiger partial charge in [0.1, 0.15) is 6.10 Å². The first-order chi connectivity index (χ1) is 12.5. The molecule has 7 heteroatoms. The third kappa shape index (κ3) is 5.44. The van der Waals surface area contributed by atoms with Crippen molar-refractivity contribution in [1.82, 2.24) is 20.0 Å². The molecule has 148 valence electrons. The van der Waals surface area contributed by atoms with Crippen LogP contribution in [-0.2, 0) is 17.2 Å². The molecule has 6 nitrogen and oxygen atoms in total. The molecule has 0 saturated carbocycles. The van der Waals surface area contributed by atoms with Crippen LogP contribution in [0.3, 0.4) is 0 Å². The molecule has 1 saturated heterocycles. The van der Waals surface area contributed by atoms with Crippen LogP contribution >= 0.6 is 24.0 Å². The predicted octanol–water partition coefficient (Wildman–Crippen LogP) is 2.96. The van der Waals surface area contributed by atoms with Gasteiger partial charge in [0.15, 0.2) is 5.96 Å². The van der Waals surface area contributed by atoms with Crippen molar-refractivity contribution in [2.45, 2.75) is 25.4 Å². The highest BCUT2D eigenvalue weighted by molar-refractivity contribution is 14.0. The third-order valence-corrected chi connectivity index (χ3v) is 4.92. The zero-order valence-electron chi connectivity index (χ0n) is 16.6. The Balaban J connectivity index is 0.00000261. The monoisotopic (exact) mass is 483 g/mol. The lowest BCUT2D eigenvalue weighted by Crippen LogP contribution is -2.50. The van der Waals surface area contributed by atoms with Crippen molar-refractivity contribution in [2.24, 2.45) is 12.0 Å². The van der Waals surface area contributed by atoms with Crippen LogP contribution in [0.5, 0.6) is 0 Å².